The summed E-state index contributed by atoms with van der Waals surface area (Å²) in [6.45, 7) is 18.6. The van der Waals surface area contributed by atoms with Crippen LogP contribution >= 0.6 is 0 Å². The lowest BCUT2D eigenvalue weighted by molar-refractivity contribution is 1.12. The molecule has 0 aliphatic carbocycles. The number of para-hydroxylation sites is 8. The van der Waals surface area contributed by atoms with Crippen molar-refractivity contribution >= 4 is 98.6 Å². The summed E-state index contributed by atoms with van der Waals surface area (Å²) >= 11 is 0. The van der Waals surface area contributed by atoms with E-state index in [0.717, 1.165) is 87.2 Å². The number of fused-ring (bicyclic) bond motifs is 12. The molecule has 0 spiro atoms. The van der Waals surface area contributed by atoms with E-state index in [1.807, 2.05) is 133 Å². The number of nitrogens with zero attached hydrogens (tertiary/aromatic N) is 8. The minimum Gasteiger partial charge on any atom is -0.319 e. The highest BCUT2D eigenvalue weighted by Gasteiger charge is 2.32. The highest BCUT2D eigenvalue weighted by Crippen LogP contribution is 2.51. The van der Waals surface area contributed by atoms with Gasteiger partial charge in [-0.1, -0.05) is 146 Å². The van der Waals surface area contributed by atoms with Gasteiger partial charge in [-0.15, -0.1) is 0 Å². The molecule has 8 heteroatoms. The van der Waals surface area contributed by atoms with Crippen LogP contribution in [0.15, 0.2) is 206 Å². The number of aromatic nitrogens is 4. The van der Waals surface area contributed by atoms with Crippen molar-refractivity contribution in [1.82, 2.24) is 18.3 Å². The Morgan fingerprint density at radius 2 is 0.569 bits per heavy atom. The molecule has 0 aliphatic rings. The summed E-state index contributed by atoms with van der Waals surface area (Å²) in [5.41, 5.74) is 10.6. The monoisotopic (exact) mass is 914 g/mol. The molecule has 0 amide bonds. The molecule has 0 aliphatic heterocycles. The van der Waals surface area contributed by atoms with Crippen LogP contribution in [0.2, 0.25) is 0 Å². The summed E-state index contributed by atoms with van der Waals surface area (Å²) in [7, 11) is 0. The molecule has 0 bridgehead atoms. The zero-order valence-electron chi connectivity index (χ0n) is 38.2. The molecule has 0 saturated carbocycles. The standard InChI is InChI=1S/C64H34N8/c1-67-61-48(36-59(69-51-27-11-3-19-39(51)40-20-4-12-28-52(40)69)50(38-66)64(61)72-57-33-17-9-25-45(57)46-26-10-18-34-58(46)72)47-35-60(70-53-29-13-5-21-41(53)42-22-6-14-30-54(42)70)62(68-2)63(49(47)37-65)71-55-31-15-7-23-43(55)44-24-8-16-32-56(44)71/h3-36H. The molecule has 72 heavy (non-hydrogen) atoms. The second-order valence-corrected chi connectivity index (χ2v) is 18.0. The molecule has 10 aromatic carbocycles. The largest absolute Gasteiger partial charge is 0.319 e. The zero-order valence-corrected chi connectivity index (χ0v) is 38.2. The van der Waals surface area contributed by atoms with Gasteiger partial charge in [-0.3, -0.25) is 0 Å². The van der Waals surface area contributed by atoms with Gasteiger partial charge in [-0.05, 0) is 71.8 Å². The Balaban J connectivity index is 1.24. The van der Waals surface area contributed by atoms with Crippen molar-refractivity contribution in [2.45, 2.75) is 0 Å². The number of hydrogen-bond donors (Lipinski definition) is 0. The minimum absolute atomic E-state index is 0.191. The van der Waals surface area contributed by atoms with Crippen LogP contribution < -0.4 is 0 Å². The number of nitriles is 2. The van der Waals surface area contributed by atoms with Gasteiger partial charge in [0.1, 0.15) is 12.1 Å². The maximum Gasteiger partial charge on any atom is 0.235 e. The Labute approximate surface area is 411 Å². The smallest absolute Gasteiger partial charge is 0.235 e. The Morgan fingerprint density at radius 3 is 0.875 bits per heavy atom. The highest BCUT2D eigenvalue weighted by molar-refractivity contribution is 6.15. The van der Waals surface area contributed by atoms with Crippen molar-refractivity contribution in [3.63, 3.8) is 0 Å². The van der Waals surface area contributed by atoms with Crippen LogP contribution in [0.4, 0.5) is 11.4 Å². The van der Waals surface area contributed by atoms with Gasteiger partial charge in [-0.2, -0.15) is 10.5 Å². The Bertz CT molecular complexity index is 4350. The molecule has 4 aromatic heterocycles. The second kappa shape index (κ2) is 15.4. The van der Waals surface area contributed by atoms with Gasteiger partial charge >= 0.3 is 0 Å². The van der Waals surface area contributed by atoms with Gasteiger partial charge in [0.25, 0.3) is 0 Å². The first kappa shape index (κ1) is 40.4. The van der Waals surface area contributed by atoms with E-state index < -0.39 is 0 Å². The van der Waals surface area contributed by atoms with Gasteiger partial charge in [0.2, 0.25) is 11.4 Å². The maximum atomic E-state index is 12.0. The SMILES string of the molecule is [C-]#[N+]c1c(-c2cc(-n3c4ccccc4c4ccccc43)c([N+]#[C-])c(-n3c4ccccc4c4ccccc43)c2C#N)cc(-n2c3ccccc3c3ccccc32)c(C#N)c1-n1c2ccccc2c2ccccc21. The third kappa shape index (κ3) is 5.41. The van der Waals surface area contributed by atoms with E-state index in [1.54, 1.807) is 0 Å². The van der Waals surface area contributed by atoms with Gasteiger partial charge < -0.3 is 18.3 Å². The molecule has 0 fully saturated rings. The average Bonchev–Trinajstić information content (AvgIpc) is 4.17. The summed E-state index contributed by atoms with van der Waals surface area (Å²) in [5, 5.41) is 31.7. The van der Waals surface area contributed by atoms with Crippen LogP contribution in [0.5, 0.6) is 0 Å². The van der Waals surface area contributed by atoms with Crippen LogP contribution in [0.25, 0.3) is 131 Å². The molecular weight excluding hydrogens is 881 g/mol. The second-order valence-electron chi connectivity index (χ2n) is 18.0. The number of rotatable bonds is 5. The summed E-state index contributed by atoms with van der Waals surface area (Å²) < 4.78 is 8.36. The predicted octanol–water partition coefficient (Wildman–Crippen LogP) is 16.6. The van der Waals surface area contributed by atoms with Gasteiger partial charge in [0, 0.05) is 43.1 Å². The van der Waals surface area contributed by atoms with Crippen molar-refractivity contribution in [2.24, 2.45) is 0 Å². The molecule has 14 aromatic rings. The van der Waals surface area contributed by atoms with Crippen molar-refractivity contribution in [3.05, 3.63) is 240 Å². The lowest BCUT2D eigenvalue weighted by Gasteiger charge is -2.24. The van der Waals surface area contributed by atoms with E-state index in [2.05, 4.69) is 113 Å². The molecule has 330 valence electrons. The van der Waals surface area contributed by atoms with Crippen LogP contribution in [-0.4, -0.2) is 18.3 Å². The summed E-state index contributed by atoms with van der Waals surface area (Å²) in [5.74, 6) is 0. The minimum atomic E-state index is 0.191. The fourth-order valence-electron chi connectivity index (χ4n) is 11.6. The first-order valence-electron chi connectivity index (χ1n) is 23.5. The average molecular weight is 915 g/mol. The van der Waals surface area contributed by atoms with Gasteiger partial charge in [-0.25, -0.2) is 9.69 Å². The third-order valence-corrected chi connectivity index (χ3v) is 14.5. The van der Waals surface area contributed by atoms with E-state index in [4.69, 9.17) is 0 Å². The van der Waals surface area contributed by atoms with E-state index >= 15 is 0 Å². The van der Waals surface area contributed by atoms with Crippen molar-refractivity contribution < 1.29 is 0 Å². The van der Waals surface area contributed by atoms with Gasteiger partial charge in [0.05, 0.1) is 91.2 Å². The first-order chi connectivity index (χ1) is 35.6. The molecule has 0 radical (unpaired) electrons. The Hall–Kier alpha value is -10.6. The fraction of sp³-hybridized carbons (Fsp3) is 0. The van der Waals surface area contributed by atoms with Crippen LogP contribution in [-0.2, 0) is 0 Å². The van der Waals surface area contributed by atoms with Crippen molar-refractivity contribution in [1.29, 1.82) is 10.5 Å². The predicted molar refractivity (Wildman–Crippen MR) is 291 cm³/mol. The number of hydrogen-bond acceptors (Lipinski definition) is 2. The van der Waals surface area contributed by atoms with E-state index in [-0.39, 0.29) is 16.9 Å². The number of benzene rings is 10. The van der Waals surface area contributed by atoms with E-state index in [0.29, 0.717) is 39.4 Å². The Morgan fingerprint density at radius 1 is 0.306 bits per heavy atom. The first-order valence-corrected chi connectivity index (χ1v) is 23.5. The molecule has 4 heterocycles. The molecule has 0 saturated heterocycles. The third-order valence-electron chi connectivity index (χ3n) is 14.5. The zero-order chi connectivity index (χ0) is 48.2. The molecule has 0 N–H and O–H groups in total. The lowest BCUT2D eigenvalue weighted by Crippen LogP contribution is -2.08. The molecule has 0 unspecified atom stereocenters. The topological polar surface area (TPSA) is 76.0 Å². The quantitative estimate of drug-likeness (QED) is 0.161. The van der Waals surface area contributed by atoms with Crippen molar-refractivity contribution in [3.8, 4) is 46.0 Å². The summed E-state index contributed by atoms with van der Waals surface area (Å²) in [6.07, 6.45) is 0. The molecule has 8 nitrogen and oxygen atoms in total. The fourth-order valence-corrected chi connectivity index (χ4v) is 11.6. The van der Waals surface area contributed by atoms with Crippen LogP contribution in [0.3, 0.4) is 0 Å². The van der Waals surface area contributed by atoms with E-state index in [1.165, 1.54) is 0 Å². The Kier molecular flexibility index (Phi) is 8.67. The van der Waals surface area contributed by atoms with Crippen LogP contribution in [0.1, 0.15) is 11.1 Å². The van der Waals surface area contributed by atoms with Crippen LogP contribution in [0, 0.1) is 35.8 Å². The summed E-state index contributed by atoms with van der Waals surface area (Å²) in [6, 6.07) is 74.2. The molecule has 14 rings (SSSR count). The molecular formula is C64H34N8. The normalized spacial score (nSPS) is 11.6. The van der Waals surface area contributed by atoms with E-state index in [9.17, 15) is 23.7 Å². The molecule has 0 atom stereocenters. The lowest BCUT2D eigenvalue weighted by atomic mass is 9.92. The maximum absolute atomic E-state index is 12.0. The highest BCUT2D eigenvalue weighted by atomic mass is 15.1. The van der Waals surface area contributed by atoms with Gasteiger partial charge in [0.15, 0.2) is 0 Å². The van der Waals surface area contributed by atoms with Crippen molar-refractivity contribution in [2.75, 3.05) is 0 Å². The summed E-state index contributed by atoms with van der Waals surface area (Å²) in [4.78, 5) is 8.88.